The molecule has 0 fully saturated rings. The molecule has 7 nitrogen and oxygen atoms in total. The highest BCUT2D eigenvalue weighted by atomic mass is 35.5. The lowest BCUT2D eigenvalue weighted by atomic mass is 10.1. The van der Waals surface area contributed by atoms with E-state index in [4.69, 9.17) is 26.2 Å². The average Bonchev–Trinajstić information content (AvgIpc) is 3.24. The van der Waals surface area contributed by atoms with Crippen molar-refractivity contribution in [3.05, 3.63) is 105 Å². The van der Waals surface area contributed by atoms with Gasteiger partial charge in [-0.2, -0.15) is 5.10 Å². The fraction of sp³-hybridized carbons (Fsp3) is 0.148. The van der Waals surface area contributed by atoms with E-state index in [1.165, 1.54) is 16.5 Å². The van der Waals surface area contributed by atoms with Gasteiger partial charge >= 0.3 is 0 Å². The third kappa shape index (κ3) is 4.09. The first-order valence-corrected chi connectivity index (χ1v) is 11.5. The van der Waals surface area contributed by atoms with Crippen LogP contribution in [0.1, 0.15) is 17.0 Å². The minimum Gasteiger partial charge on any atom is -0.494 e. The molecule has 0 bridgehead atoms. The quantitative estimate of drug-likeness (QED) is 0.303. The molecule has 5 aromatic rings. The molecule has 36 heavy (non-hydrogen) atoms. The summed E-state index contributed by atoms with van der Waals surface area (Å²) >= 11 is 6.12. The van der Waals surface area contributed by atoms with Crippen LogP contribution in [0, 0.1) is 19.7 Å². The number of nitrogens with zero attached hydrogens (tertiary/aromatic N) is 4. The SMILES string of the molecule is COc1ccccc1-n1nc(-c2c(C)nc3c(OCc4c(F)cccc4Cl)cccn3c2=O)cc1C. The molecule has 5 rings (SSSR count). The number of para-hydroxylation sites is 2. The second-order valence-electron chi connectivity index (χ2n) is 8.19. The molecule has 0 unspecified atom stereocenters. The van der Waals surface area contributed by atoms with Gasteiger partial charge in [-0.3, -0.25) is 9.20 Å². The molecular formula is C27H22ClFN4O3. The van der Waals surface area contributed by atoms with E-state index in [0.29, 0.717) is 34.1 Å². The molecule has 182 valence electrons. The van der Waals surface area contributed by atoms with E-state index in [1.54, 1.807) is 43.1 Å². The number of ether oxygens (including phenoxy) is 2. The van der Waals surface area contributed by atoms with Gasteiger partial charge in [-0.25, -0.2) is 14.1 Å². The second-order valence-corrected chi connectivity index (χ2v) is 8.59. The lowest BCUT2D eigenvalue weighted by molar-refractivity contribution is 0.301. The highest BCUT2D eigenvalue weighted by Gasteiger charge is 2.19. The van der Waals surface area contributed by atoms with Crippen molar-refractivity contribution in [3.8, 4) is 28.4 Å². The van der Waals surface area contributed by atoms with E-state index in [1.807, 2.05) is 37.3 Å². The maximum absolute atomic E-state index is 14.2. The van der Waals surface area contributed by atoms with E-state index in [2.05, 4.69) is 4.98 Å². The number of methoxy groups -OCH3 is 1. The molecule has 0 aliphatic rings. The Labute approximate surface area is 211 Å². The van der Waals surface area contributed by atoms with Crippen molar-refractivity contribution >= 4 is 17.2 Å². The predicted octanol–water partition coefficient (Wildman–Crippen LogP) is 5.54. The van der Waals surface area contributed by atoms with E-state index >= 15 is 0 Å². The van der Waals surface area contributed by atoms with Crippen molar-refractivity contribution in [1.82, 2.24) is 19.2 Å². The van der Waals surface area contributed by atoms with Crippen molar-refractivity contribution in [3.63, 3.8) is 0 Å². The normalized spacial score (nSPS) is 11.1. The van der Waals surface area contributed by atoms with Crippen LogP contribution in [0.3, 0.4) is 0 Å². The molecule has 0 saturated heterocycles. The number of fused-ring (bicyclic) bond motifs is 1. The number of hydrogen-bond acceptors (Lipinski definition) is 5. The summed E-state index contributed by atoms with van der Waals surface area (Å²) in [6.07, 6.45) is 1.61. The fourth-order valence-electron chi connectivity index (χ4n) is 4.12. The minimum atomic E-state index is -0.465. The smallest absolute Gasteiger partial charge is 0.267 e. The van der Waals surface area contributed by atoms with Gasteiger partial charge in [-0.1, -0.05) is 29.8 Å². The molecule has 9 heteroatoms. The van der Waals surface area contributed by atoms with Gasteiger partial charge in [0.25, 0.3) is 5.56 Å². The zero-order valence-corrected chi connectivity index (χ0v) is 20.6. The van der Waals surface area contributed by atoms with Crippen molar-refractivity contribution in [2.45, 2.75) is 20.5 Å². The van der Waals surface area contributed by atoms with Crippen molar-refractivity contribution in [1.29, 1.82) is 0 Å². The van der Waals surface area contributed by atoms with Crippen LogP contribution in [-0.2, 0) is 6.61 Å². The third-order valence-corrected chi connectivity index (χ3v) is 6.24. The molecule has 0 N–H and O–H groups in total. The molecule has 0 saturated carbocycles. The van der Waals surface area contributed by atoms with Crippen LogP contribution >= 0.6 is 11.6 Å². The van der Waals surface area contributed by atoms with Crippen molar-refractivity contribution in [2.24, 2.45) is 0 Å². The molecular weight excluding hydrogens is 483 g/mol. The van der Waals surface area contributed by atoms with E-state index in [9.17, 15) is 9.18 Å². The summed E-state index contributed by atoms with van der Waals surface area (Å²) in [7, 11) is 1.60. The Balaban J connectivity index is 1.57. The zero-order valence-electron chi connectivity index (χ0n) is 19.8. The molecule has 2 aromatic carbocycles. The number of halogens is 2. The summed E-state index contributed by atoms with van der Waals surface area (Å²) in [5.41, 5.74) is 3.20. The molecule has 0 aliphatic heterocycles. The largest absolute Gasteiger partial charge is 0.494 e. The Kier molecular flexibility index (Phi) is 6.20. The van der Waals surface area contributed by atoms with E-state index < -0.39 is 5.82 Å². The van der Waals surface area contributed by atoms with E-state index in [-0.39, 0.29) is 22.8 Å². The van der Waals surface area contributed by atoms with Crippen LogP contribution < -0.4 is 15.0 Å². The lowest BCUT2D eigenvalue weighted by Gasteiger charge is -2.12. The summed E-state index contributed by atoms with van der Waals surface area (Å²) in [6.45, 7) is 3.55. The Morgan fingerprint density at radius 3 is 2.58 bits per heavy atom. The zero-order chi connectivity index (χ0) is 25.4. The van der Waals surface area contributed by atoms with Crippen LogP contribution in [0.2, 0.25) is 5.02 Å². The molecule has 0 aliphatic carbocycles. The van der Waals surface area contributed by atoms with Crippen molar-refractivity contribution in [2.75, 3.05) is 7.11 Å². The number of benzene rings is 2. The lowest BCUT2D eigenvalue weighted by Crippen LogP contribution is -2.19. The monoisotopic (exact) mass is 504 g/mol. The summed E-state index contributed by atoms with van der Waals surface area (Å²) in [5.74, 6) is 0.531. The number of aryl methyl sites for hydroxylation is 2. The third-order valence-electron chi connectivity index (χ3n) is 5.89. The number of pyridine rings is 1. The van der Waals surface area contributed by atoms with Gasteiger partial charge < -0.3 is 9.47 Å². The Hall–Kier alpha value is -4.17. The first-order chi connectivity index (χ1) is 17.4. The first-order valence-electron chi connectivity index (χ1n) is 11.2. The molecule has 0 amide bonds. The van der Waals surface area contributed by atoms with Crippen LogP contribution in [0.4, 0.5) is 4.39 Å². The van der Waals surface area contributed by atoms with Crippen LogP contribution in [-0.4, -0.2) is 26.3 Å². The maximum atomic E-state index is 14.2. The molecule has 0 atom stereocenters. The van der Waals surface area contributed by atoms with Gasteiger partial charge in [0.2, 0.25) is 0 Å². The highest BCUT2D eigenvalue weighted by Crippen LogP contribution is 2.28. The topological polar surface area (TPSA) is 70.7 Å². The van der Waals surface area contributed by atoms with Gasteiger partial charge in [0.15, 0.2) is 11.4 Å². The molecule has 3 aromatic heterocycles. The Morgan fingerprint density at radius 2 is 1.81 bits per heavy atom. The standard InChI is InChI=1S/C27H22ClFN4O3/c1-16-14-21(31-33(16)22-10-4-5-11-23(22)35-3)25-17(2)30-26-24(12-7-13-32(26)27(25)34)36-15-18-19(28)8-6-9-20(18)29/h4-14H,15H2,1-3H3. The van der Waals surface area contributed by atoms with E-state index in [0.717, 1.165) is 11.4 Å². The summed E-state index contributed by atoms with van der Waals surface area (Å²) in [6, 6.07) is 17.2. The summed E-state index contributed by atoms with van der Waals surface area (Å²) in [4.78, 5) is 18.2. The Morgan fingerprint density at radius 1 is 1.03 bits per heavy atom. The van der Waals surface area contributed by atoms with Crippen molar-refractivity contribution < 1.29 is 13.9 Å². The summed E-state index contributed by atoms with van der Waals surface area (Å²) < 4.78 is 28.6. The fourth-order valence-corrected chi connectivity index (χ4v) is 4.33. The molecule has 3 heterocycles. The first kappa shape index (κ1) is 23.6. The van der Waals surface area contributed by atoms with Gasteiger partial charge in [0.05, 0.1) is 23.4 Å². The maximum Gasteiger partial charge on any atom is 0.267 e. The van der Waals surface area contributed by atoms with Crippen LogP contribution in [0.15, 0.2) is 71.7 Å². The van der Waals surface area contributed by atoms with Crippen LogP contribution in [0.5, 0.6) is 11.5 Å². The average molecular weight is 505 g/mol. The van der Waals surface area contributed by atoms with Gasteiger partial charge in [-0.15, -0.1) is 0 Å². The molecule has 0 radical (unpaired) electrons. The number of aromatic nitrogens is 4. The van der Waals surface area contributed by atoms with Gasteiger partial charge in [0.1, 0.15) is 29.6 Å². The number of hydrogen-bond donors (Lipinski definition) is 0. The molecule has 0 spiro atoms. The number of rotatable bonds is 6. The predicted molar refractivity (Wildman–Crippen MR) is 136 cm³/mol. The second kappa shape index (κ2) is 9.47. The Bertz CT molecular complexity index is 1640. The minimum absolute atomic E-state index is 0.107. The van der Waals surface area contributed by atoms with Gasteiger partial charge in [-0.05, 0) is 56.3 Å². The summed E-state index contributed by atoms with van der Waals surface area (Å²) in [5, 5.41) is 4.96. The van der Waals surface area contributed by atoms with Gasteiger partial charge in [0, 0.05) is 17.5 Å². The highest BCUT2D eigenvalue weighted by molar-refractivity contribution is 6.31. The van der Waals surface area contributed by atoms with Crippen LogP contribution in [0.25, 0.3) is 22.6 Å².